The third-order valence-corrected chi connectivity index (χ3v) is 3.00. The zero-order chi connectivity index (χ0) is 15.1. The summed E-state index contributed by atoms with van der Waals surface area (Å²) in [4.78, 5) is 26.9. The number of nitrogens with two attached hydrogens (primary N) is 1. The molecule has 0 saturated carbocycles. The molecule has 0 aliphatic heterocycles. The second kappa shape index (κ2) is 7.37. The van der Waals surface area contributed by atoms with Gasteiger partial charge in [0.2, 0.25) is 5.91 Å². The van der Waals surface area contributed by atoms with Crippen LogP contribution < -0.4 is 11.1 Å². The monoisotopic (exact) mass is 278 g/mol. The second-order valence-corrected chi connectivity index (χ2v) is 4.47. The van der Waals surface area contributed by atoms with Crippen LogP contribution in [0.5, 0.6) is 0 Å². The number of hydrogen-bond acceptors (Lipinski definition) is 3. The topological polar surface area (TPSA) is 78.7 Å². The summed E-state index contributed by atoms with van der Waals surface area (Å²) in [7, 11) is 1.59. The molecule has 110 valence electrons. The van der Waals surface area contributed by atoms with Crippen molar-refractivity contribution < 1.29 is 9.59 Å². The quantitative estimate of drug-likeness (QED) is 0.803. The molecular formula is C14H22N4O2. The number of urea groups is 1. The lowest BCUT2D eigenvalue weighted by Gasteiger charge is -2.23. The highest BCUT2D eigenvalue weighted by Gasteiger charge is 2.16. The summed E-state index contributed by atoms with van der Waals surface area (Å²) in [6.07, 6.45) is 0. The lowest BCUT2D eigenvalue weighted by molar-refractivity contribution is -0.131. The number of benzene rings is 1. The van der Waals surface area contributed by atoms with Crippen molar-refractivity contribution in [1.29, 1.82) is 0 Å². The van der Waals surface area contributed by atoms with Crippen molar-refractivity contribution in [3.63, 3.8) is 0 Å². The number of hydrogen-bond donors (Lipinski definition) is 2. The average Bonchev–Trinajstić information content (AvgIpc) is 2.42. The Hall–Kier alpha value is -2.24. The van der Waals surface area contributed by atoms with Crippen LogP contribution in [0.2, 0.25) is 0 Å². The molecule has 1 rings (SSSR count). The molecule has 1 aromatic rings. The van der Waals surface area contributed by atoms with Gasteiger partial charge in [0.25, 0.3) is 0 Å². The van der Waals surface area contributed by atoms with Crippen LogP contribution in [0, 0.1) is 0 Å². The summed E-state index contributed by atoms with van der Waals surface area (Å²) in [6, 6.07) is 6.52. The highest BCUT2D eigenvalue weighted by Crippen LogP contribution is 2.11. The number of carbonyl (C=O) groups excluding carboxylic acids is 2. The number of nitrogens with zero attached hydrogens (tertiary/aromatic N) is 2. The number of amides is 3. The fraction of sp³-hybridized carbons (Fsp3) is 0.429. The van der Waals surface area contributed by atoms with Crippen molar-refractivity contribution in [3.8, 4) is 0 Å². The van der Waals surface area contributed by atoms with Gasteiger partial charge in [0, 0.05) is 31.5 Å². The lowest BCUT2D eigenvalue weighted by atomic mass is 10.3. The first-order valence-electron chi connectivity index (χ1n) is 6.63. The Morgan fingerprint density at radius 3 is 2.20 bits per heavy atom. The molecule has 1 aromatic carbocycles. The Morgan fingerprint density at radius 1 is 1.15 bits per heavy atom. The number of nitrogens with one attached hydrogen (secondary N) is 1. The van der Waals surface area contributed by atoms with Crippen LogP contribution in [0.4, 0.5) is 16.2 Å². The minimum absolute atomic E-state index is 0.0580. The van der Waals surface area contributed by atoms with Gasteiger partial charge in [-0.1, -0.05) is 0 Å². The van der Waals surface area contributed by atoms with E-state index in [-0.39, 0.29) is 18.5 Å². The predicted molar refractivity (Wildman–Crippen MR) is 80.4 cm³/mol. The molecule has 0 fully saturated rings. The molecule has 0 spiro atoms. The minimum atomic E-state index is -0.324. The Morgan fingerprint density at radius 2 is 1.70 bits per heavy atom. The first kappa shape index (κ1) is 15.8. The van der Waals surface area contributed by atoms with Gasteiger partial charge in [0.1, 0.15) is 6.54 Å². The minimum Gasteiger partial charge on any atom is -0.399 e. The van der Waals surface area contributed by atoms with Crippen molar-refractivity contribution in [3.05, 3.63) is 24.3 Å². The molecule has 6 heteroatoms. The normalized spacial score (nSPS) is 9.95. The van der Waals surface area contributed by atoms with Gasteiger partial charge in [0.05, 0.1) is 0 Å². The van der Waals surface area contributed by atoms with Crippen molar-refractivity contribution in [2.45, 2.75) is 13.8 Å². The molecular weight excluding hydrogens is 256 g/mol. The van der Waals surface area contributed by atoms with Crippen LogP contribution in [0.15, 0.2) is 24.3 Å². The molecule has 0 bridgehead atoms. The molecule has 3 N–H and O–H groups in total. The molecule has 0 unspecified atom stereocenters. The molecule has 0 aliphatic carbocycles. The van der Waals surface area contributed by atoms with Crippen molar-refractivity contribution >= 4 is 23.3 Å². The summed E-state index contributed by atoms with van der Waals surface area (Å²) < 4.78 is 0. The fourth-order valence-electron chi connectivity index (χ4n) is 1.74. The standard InChI is InChI=1S/C14H22N4O2/c1-4-18(5-2)13(19)10-17(3)14(20)16-12-8-6-11(15)7-9-12/h6-9H,4-5,10,15H2,1-3H3,(H,16,20). The molecule has 0 radical (unpaired) electrons. The highest BCUT2D eigenvalue weighted by atomic mass is 16.2. The Bertz CT molecular complexity index is 455. The smallest absolute Gasteiger partial charge is 0.322 e. The van der Waals surface area contributed by atoms with Gasteiger partial charge in [-0.2, -0.15) is 0 Å². The van der Waals surface area contributed by atoms with E-state index in [1.54, 1.807) is 36.2 Å². The van der Waals surface area contributed by atoms with E-state index < -0.39 is 0 Å². The van der Waals surface area contributed by atoms with Crippen LogP contribution in [-0.2, 0) is 4.79 Å². The van der Waals surface area contributed by atoms with E-state index in [2.05, 4.69) is 5.32 Å². The maximum Gasteiger partial charge on any atom is 0.322 e. The molecule has 6 nitrogen and oxygen atoms in total. The Labute approximate surface area is 119 Å². The highest BCUT2D eigenvalue weighted by molar-refractivity contribution is 5.92. The van der Waals surface area contributed by atoms with Gasteiger partial charge in [-0.15, -0.1) is 0 Å². The van der Waals surface area contributed by atoms with Crippen LogP contribution in [0.1, 0.15) is 13.8 Å². The van der Waals surface area contributed by atoms with Crippen molar-refractivity contribution in [1.82, 2.24) is 9.80 Å². The van der Waals surface area contributed by atoms with Crippen LogP contribution in [-0.4, -0.2) is 48.4 Å². The molecule has 20 heavy (non-hydrogen) atoms. The van der Waals surface area contributed by atoms with Gasteiger partial charge in [-0.25, -0.2) is 4.79 Å². The van der Waals surface area contributed by atoms with Gasteiger partial charge in [-0.3, -0.25) is 4.79 Å². The summed E-state index contributed by atoms with van der Waals surface area (Å²) in [5.74, 6) is -0.0649. The SMILES string of the molecule is CCN(CC)C(=O)CN(C)C(=O)Nc1ccc(N)cc1. The second-order valence-electron chi connectivity index (χ2n) is 4.47. The van der Waals surface area contributed by atoms with Crippen LogP contribution in [0.3, 0.4) is 0 Å². The van der Waals surface area contributed by atoms with E-state index in [1.165, 1.54) is 4.90 Å². The average molecular weight is 278 g/mol. The van der Waals surface area contributed by atoms with E-state index in [0.717, 1.165) is 0 Å². The zero-order valence-corrected chi connectivity index (χ0v) is 12.2. The number of carbonyl (C=O) groups is 2. The molecule has 0 saturated heterocycles. The lowest BCUT2D eigenvalue weighted by Crippen LogP contribution is -2.42. The van der Waals surface area contributed by atoms with E-state index >= 15 is 0 Å². The summed E-state index contributed by atoms with van der Waals surface area (Å²) >= 11 is 0. The Balaban J connectivity index is 2.54. The van der Waals surface area contributed by atoms with Gasteiger partial charge < -0.3 is 20.9 Å². The number of likely N-dealkylation sites (N-methyl/N-ethyl adjacent to an activating group) is 2. The van der Waals surface area contributed by atoms with Gasteiger partial charge in [-0.05, 0) is 38.1 Å². The summed E-state index contributed by atoms with van der Waals surface area (Å²) in [6.45, 7) is 5.17. The van der Waals surface area contributed by atoms with Crippen molar-refractivity contribution in [2.75, 3.05) is 37.7 Å². The largest absolute Gasteiger partial charge is 0.399 e. The van der Waals surface area contributed by atoms with E-state index in [9.17, 15) is 9.59 Å². The van der Waals surface area contributed by atoms with E-state index in [0.29, 0.717) is 24.5 Å². The maximum atomic E-state index is 11.9. The van der Waals surface area contributed by atoms with E-state index in [1.807, 2.05) is 13.8 Å². The maximum absolute atomic E-state index is 11.9. The zero-order valence-electron chi connectivity index (χ0n) is 12.2. The summed E-state index contributed by atoms with van der Waals surface area (Å²) in [5.41, 5.74) is 6.85. The first-order chi connectivity index (χ1) is 9.47. The first-order valence-corrected chi connectivity index (χ1v) is 6.63. The molecule has 0 aromatic heterocycles. The number of nitrogen functional groups attached to an aromatic ring is 1. The molecule has 0 atom stereocenters. The van der Waals surface area contributed by atoms with Gasteiger partial charge >= 0.3 is 6.03 Å². The Kier molecular flexibility index (Phi) is 5.83. The summed E-state index contributed by atoms with van der Waals surface area (Å²) in [5, 5.41) is 2.71. The van der Waals surface area contributed by atoms with Crippen LogP contribution >= 0.6 is 0 Å². The fourth-order valence-corrected chi connectivity index (χ4v) is 1.74. The molecule has 0 aliphatic rings. The number of anilines is 2. The molecule has 3 amide bonds. The van der Waals surface area contributed by atoms with Gasteiger partial charge in [0.15, 0.2) is 0 Å². The van der Waals surface area contributed by atoms with E-state index in [4.69, 9.17) is 5.73 Å². The van der Waals surface area contributed by atoms with Crippen molar-refractivity contribution in [2.24, 2.45) is 0 Å². The van der Waals surface area contributed by atoms with Crippen LogP contribution in [0.25, 0.3) is 0 Å². The number of rotatable bonds is 5. The predicted octanol–water partition coefficient (Wildman–Crippen LogP) is 1.60. The third-order valence-electron chi connectivity index (χ3n) is 3.00. The molecule has 0 heterocycles. The third kappa shape index (κ3) is 4.46.